The maximum absolute atomic E-state index is 12.0. The molecule has 0 saturated heterocycles. The number of aryl methyl sites for hydroxylation is 1. The predicted molar refractivity (Wildman–Crippen MR) is 114 cm³/mol. The van der Waals surface area contributed by atoms with Gasteiger partial charge in [-0.3, -0.25) is 20.4 Å². The van der Waals surface area contributed by atoms with Crippen LogP contribution in [0.2, 0.25) is 0 Å². The Morgan fingerprint density at radius 3 is 2.52 bits per heavy atom. The number of carbonyl (C=O) groups is 2. The molecule has 2 N–H and O–H groups in total. The normalized spacial score (nSPS) is 10.8. The van der Waals surface area contributed by atoms with E-state index in [0.717, 1.165) is 16.7 Å². The molecule has 6 nitrogen and oxygen atoms in total. The van der Waals surface area contributed by atoms with Gasteiger partial charge in [0.05, 0.1) is 6.61 Å². The molecule has 0 atom stereocenters. The van der Waals surface area contributed by atoms with Crippen LogP contribution >= 0.6 is 0 Å². The third-order valence-corrected chi connectivity index (χ3v) is 4.11. The summed E-state index contributed by atoms with van der Waals surface area (Å²) in [4.78, 5) is 24.0. The molecule has 0 aromatic heterocycles. The fourth-order valence-electron chi connectivity index (χ4n) is 2.67. The van der Waals surface area contributed by atoms with Gasteiger partial charge in [-0.1, -0.05) is 44.2 Å². The number of carbonyl (C=O) groups excluding carboxylic acids is 2. The van der Waals surface area contributed by atoms with Gasteiger partial charge >= 0.3 is 0 Å². The average Bonchev–Trinajstić information content (AvgIpc) is 2.70. The summed E-state index contributed by atoms with van der Waals surface area (Å²) in [6, 6.07) is 13.3. The Labute approximate surface area is 171 Å². The summed E-state index contributed by atoms with van der Waals surface area (Å²) in [6.45, 7) is 8.33. The van der Waals surface area contributed by atoms with E-state index in [1.165, 1.54) is 6.08 Å². The van der Waals surface area contributed by atoms with E-state index in [4.69, 9.17) is 9.47 Å². The number of hydrogen-bond acceptors (Lipinski definition) is 4. The van der Waals surface area contributed by atoms with Crippen molar-refractivity contribution in [3.63, 3.8) is 0 Å². The number of ether oxygens (including phenoxy) is 2. The van der Waals surface area contributed by atoms with Gasteiger partial charge in [0.25, 0.3) is 11.8 Å². The van der Waals surface area contributed by atoms with Crippen LogP contribution in [0.25, 0.3) is 6.08 Å². The lowest BCUT2D eigenvalue weighted by atomic mass is 10.0. The minimum atomic E-state index is -0.455. The summed E-state index contributed by atoms with van der Waals surface area (Å²) in [6.07, 6.45) is 2.96. The molecule has 0 aliphatic heterocycles. The van der Waals surface area contributed by atoms with Crippen molar-refractivity contribution < 1.29 is 19.1 Å². The number of para-hydroxylation sites is 1. The highest BCUT2D eigenvalue weighted by atomic mass is 16.5. The highest BCUT2D eigenvalue weighted by Gasteiger charge is 2.10. The summed E-state index contributed by atoms with van der Waals surface area (Å²) >= 11 is 0. The number of amides is 2. The zero-order valence-corrected chi connectivity index (χ0v) is 17.3. The first kappa shape index (κ1) is 22.0. The fourth-order valence-corrected chi connectivity index (χ4v) is 2.67. The lowest BCUT2D eigenvalue weighted by Crippen LogP contribution is -2.43. The third-order valence-electron chi connectivity index (χ3n) is 4.11. The van der Waals surface area contributed by atoms with Crippen molar-refractivity contribution in [3.05, 3.63) is 65.2 Å². The molecule has 0 aliphatic carbocycles. The molecule has 2 aromatic carbocycles. The number of hydrazine groups is 1. The molecule has 0 saturated carbocycles. The lowest BCUT2D eigenvalue weighted by Gasteiger charge is -2.14. The summed E-state index contributed by atoms with van der Waals surface area (Å²) < 4.78 is 11.2. The van der Waals surface area contributed by atoms with Crippen LogP contribution in [0.3, 0.4) is 0 Å². The molecule has 2 amide bonds. The minimum Gasteiger partial charge on any atom is -0.493 e. The largest absolute Gasteiger partial charge is 0.493 e. The van der Waals surface area contributed by atoms with Gasteiger partial charge in [0.15, 0.2) is 6.61 Å². The first-order chi connectivity index (χ1) is 13.9. The highest BCUT2D eigenvalue weighted by molar-refractivity contribution is 5.93. The van der Waals surface area contributed by atoms with E-state index >= 15 is 0 Å². The molecule has 2 rings (SSSR count). The molecule has 29 heavy (non-hydrogen) atoms. The van der Waals surface area contributed by atoms with E-state index in [2.05, 4.69) is 24.7 Å². The Kier molecular flexibility index (Phi) is 8.27. The molecule has 0 heterocycles. The van der Waals surface area contributed by atoms with E-state index in [-0.39, 0.29) is 12.5 Å². The van der Waals surface area contributed by atoms with E-state index in [0.29, 0.717) is 18.1 Å². The van der Waals surface area contributed by atoms with Crippen LogP contribution in [0.15, 0.2) is 48.5 Å². The fraction of sp³-hybridized carbons (Fsp3) is 0.304. The Morgan fingerprint density at radius 2 is 1.79 bits per heavy atom. The summed E-state index contributed by atoms with van der Waals surface area (Å²) in [5.41, 5.74) is 7.55. The Bertz CT molecular complexity index is 875. The molecule has 2 aromatic rings. The zero-order chi connectivity index (χ0) is 21.2. The third kappa shape index (κ3) is 6.99. The monoisotopic (exact) mass is 396 g/mol. The topological polar surface area (TPSA) is 76.7 Å². The SMILES string of the molecule is CCOc1ccccc1/C=C/C(=O)NNC(=O)COc1cc(C)ccc1C(C)C. The van der Waals surface area contributed by atoms with Gasteiger partial charge in [-0.2, -0.15) is 0 Å². The van der Waals surface area contributed by atoms with Gasteiger partial charge in [0.2, 0.25) is 0 Å². The molecule has 0 spiro atoms. The number of rotatable bonds is 8. The van der Waals surface area contributed by atoms with Crippen LogP contribution in [-0.4, -0.2) is 25.0 Å². The summed E-state index contributed by atoms with van der Waals surface area (Å²) in [7, 11) is 0. The highest BCUT2D eigenvalue weighted by Crippen LogP contribution is 2.27. The van der Waals surface area contributed by atoms with Crippen molar-refractivity contribution in [2.45, 2.75) is 33.6 Å². The van der Waals surface area contributed by atoms with Gasteiger partial charge in [0.1, 0.15) is 11.5 Å². The number of nitrogens with one attached hydrogen (secondary N) is 2. The molecule has 0 fully saturated rings. The van der Waals surface area contributed by atoms with Gasteiger partial charge in [-0.25, -0.2) is 0 Å². The summed E-state index contributed by atoms with van der Waals surface area (Å²) in [5.74, 6) is 0.739. The minimum absolute atomic E-state index is 0.194. The van der Waals surface area contributed by atoms with Gasteiger partial charge in [-0.15, -0.1) is 0 Å². The van der Waals surface area contributed by atoms with Crippen LogP contribution in [0, 0.1) is 6.92 Å². The molecule has 0 radical (unpaired) electrons. The van der Waals surface area contributed by atoms with E-state index < -0.39 is 11.8 Å². The molecular formula is C23H28N2O4. The molecule has 154 valence electrons. The van der Waals surface area contributed by atoms with Gasteiger partial charge < -0.3 is 9.47 Å². The van der Waals surface area contributed by atoms with Crippen molar-refractivity contribution in [2.24, 2.45) is 0 Å². The maximum atomic E-state index is 12.0. The van der Waals surface area contributed by atoms with Gasteiger partial charge in [-0.05, 0) is 49.1 Å². The van der Waals surface area contributed by atoms with Crippen molar-refractivity contribution in [1.82, 2.24) is 10.9 Å². The molecule has 6 heteroatoms. The first-order valence-electron chi connectivity index (χ1n) is 9.62. The van der Waals surface area contributed by atoms with Crippen LogP contribution in [0.4, 0.5) is 0 Å². The number of benzene rings is 2. The van der Waals surface area contributed by atoms with Crippen LogP contribution in [-0.2, 0) is 9.59 Å². The quantitative estimate of drug-likeness (QED) is 0.526. The molecule has 0 aliphatic rings. The maximum Gasteiger partial charge on any atom is 0.276 e. The van der Waals surface area contributed by atoms with Gasteiger partial charge in [0, 0.05) is 11.6 Å². The van der Waals surface area contributed by atoms with Crippen LogP contribution in [0.5, 0.6) is 11.5 Å². The second kappa shape index (κ2) is 10.9. The zero-order valence-electron chi connectivity index (χ0n) is 17.3. The van der Waals surface area contributed by atoms with Crippen LogP contribution in [0.1, 0.15) is 43.4 Å². The Balaban J connectivity index is 1.85. The molecule has 0 unspecified atom stereocenters. The van der Waals surface area contributed by atoms with Crippen LogP contribution < -0.4 is 20.3 Å². The van der Waals surface area contributed by atoms with E-state index in [1.807, 2.05) is 56.3 Å². The molecule has 0 bridgehead atoms. The smallest absolute Gasteiger partial charge is 0.276 e. The predicted octanol–water partition coefficient (Wildman–Crippen LogP) is 3.76. The van der Waals surface area contributed by atoms with E-state index in [1.54, 1.807) is 6.08 Å². The number of hydrogen-bond donors (Lipinski definition) is 2. The van der Waals surface area contributed by atoms with Crippen molar-refractivity contribution in [1.29, 1.82) is 0 Å². The Hall–Kier alpha value is -3.28. The van der Waals surface area contributed by atoms with Crippen molar-refractivity contribution in [3.8, 4) is 11.5 Å². The Morgan fingerprint density at radius 1 is 1.03 bits per heavy atom. The standard InChI is InChI=1S/C23H28N2O4/c1-5-28-20-9-7-6-8-18(20)11-13-22(26)24-25-23(27)15-29-21-14-17(4)10-12-19(21)16(2)3/h6-14,16H,5,15H2,1-4H3,(H,24,26)(H,25,27)/b13-11+. The van der Waals surface area contributed by atoms with E-state index in [9.17, 15) is 9.59 Å². The van der Waals surface area contributed by atoms with Crippen molar-refractivity contribution >= 4 is 17.9 Å². The second-order valence-electron chi connectivity index (χ2n) is 6.83. The van der Waals surface area contributed by atoms with Crippen molar-refractivity contribution in [2.75, 3.05) is 13.2 Å². The lowest BCUT2D eigenvalue weighted by molar-refractivity contribution is -0.128. The first-order valence-corrected chi connectivity index (χ1v) is 9.62. The molecular weight excluding hydrogens is 368 g/mol. The average molecular weight is 396 g/mol. The summed E-state index contributed by atoms with van der Waals surface area (Å²) in [5, 5.41) is 0. The second-order valence-corrected chi connectivity index (χ2v) is 6.83.